The number of rotatable bonds is 5. The zero-order valence-electron chi connectivity index (χ0n) is 12.0. The van der Waals surface area contributed by atoms with Crippen LogP contribution in [0.4, 0.5) is 28.4 Å². The van der Waals surface area contributed by atoms with E-state index < -0.39 is 59.3 Å². The number of nitrogens with two attached hydrogens (primary N) is 1. The number of hydrogen-bond acceptors (Lipinski definition) is 9. The molecule has 25 heavy (non-hydrogen) atoms. The maximum Gasteiger partial charge on any atom is 0.299 e. The monoisotopic (exact) mass is 349 g/mol. The van der Waals surface area contributed by atoms with Gasteiger partial charge in [-0.3, -0.25) is 40.5 Å². The summed E-state index contributed by atoms with van der Waals surface area (Å²) in [6, 6.07) is 4.18. The van der Waals surface area contributed by atoms with Crippen LogP contribution in [0.2, 0.25) is 0 Å². The SMILES string of the molecule is Nc1c(-c2c([N+](=O)[O-])cccc2[N+](=O)[O-])cc([N+](=O)[O-])cc1[N+](=O)[O-]. The second kappa shape index (κ2) is 6.15. The number of nitro benzene ring substituents is 4. The van der Waals surface area contributed by atoms with Crippen LogP contribution in [0.3, 0.4) is 0 Å². The van der Waals surface area contributed by atoms with Crippen molar-refractivity contribution >= 4 is 28.4 Å². The van der Waals surface area contributed by atoms with Crippen molar-refractivity contribution in [2.75, 3.05) is 5.73 Å². The minimum Gasteiger partial charge on any atom is -0.393 e. The summed E-state index contributed by atoms with van der Waals surface area (Å²) in [5.41, 5.74) is 0.545. The van der Waals surface area contributed by atoms with Crippen LogP contribution >= 0.6 is 0 Å². The van der Waals surface area contributed by atoms with Crippen LogP contribution in [0.15, 0.2) is 30.3 Å². The van der Waals surface area contributed by atoms with Gasteiger partial charge >= 0.3 is 0 Å². The number of benzene rings is 2. The normalized spacial score (nSPS) is 10.2. The van der Waals surface area contributed by atoms with Gasteiger partial charge in [0.15, 0.2) is 0 Å². The van der Waals surface area contributed by atoms with E-state index in [0.717, 1.165) is 24.3 Å². The van der Waals surface area contributed by atoms with Gasteiger partial charge in [0, 0.05) is 23.8 Å². The molecule has 0 amide bonds. The Hall–Kier alpha value is -4.16. The van der Waals surface area contributed by atoms with Crippen LogP contribution in [-0.4, -0.2) is 19.7 Å². The van der Waals surface area contributed by atoms with Crippen LogP contribution in [0, 0.1) is 40.5 Å². The van der Waals surface area contributed by atoms with E-state index in [0.29, 0.717) is 6.07 Å². The summed E-state index contributed by atoms with van der Waals surface area (Å²) in [6.07, 6.45) is 0. The van der Waals surface area contributed by atoms with Crippen LogP contribution < -0.4 is 5.73 Å². The molecule has 2 N–H and O–H groups in total. The first kappa shape index (κ1) is 17.2. The fourth-order valence-electron chi connectivity index (χ4n) is 2.19. The first-order chi connectivity index (χ1) is 11.6. The Morgan fingerprint density at radius 2 is 1.20 bits per heavy atom. The van der Waals surface area contributed by atoms with Gasteiger partial charge in [0.25, 0.3) is 22.7 Å². The van der Waals surface area contributed by atoms with Gasteiger partial charge in [0.2, 0.25) is 0 Å². The molecule has 13 heteroatoms. The van der Waals surface area contributed by atoms with Crippen LogP contribution in [0.25, 0.3) is 11.1 Å². The lowest BCUT2D eigenvalue weighted by Gasteiger charge is -2.08. The van der Waals surface area contributed by atoms with Crippen molar-refractivity contribution in [2.45, 2.75) is 0 Å². The highest BCUT2D eigenvalue weighted by Gasteiger charge is 2.32. The molecule has 128 valence electrons. The van der Waals surface area contributed by atoms with Gasteiger partial charge in [-0.15, -0.1) is 0 Å². The molecule has 0 radical (unpaired) electrons. The van der Waals surface area contributed by atoms with Crippen molar-refractivity contribution in [2.24, 2.45) is 0 Å². The summed E-state index contributed by atoms with van der Waals surface area (Å²) in [6.45, 7) is 0. The van der Waals surface area contributed by atoms with Crippen molar-refractivity contribution in [1.82, 2.24) is 0 Å². The number of non-ortho nitro benzene ring substituents is 1. The maximum atomic E-state index is 11.2. The minimum atomic E-state index is -1.02. The summed E-state index contributed by atoms with van der Waals surface area (Å²) in [5, 5.41) is 44.4. The first-order valence-corrected chi connectivity index (χ1v) is 6.29. The quantitative estimate of drug-likeness (QED) is 0.478. The lowest BCUT2D eigenvalue weighted by atomic mass is 9.98. The molecule has 0 saturated carbocycles. The van der Waals surface area contributed by atoms with Gasteiger partial charge in [0.1, 0.15) is 11.3 Å². The molecule has 0 heterocycles. The van der Waals surface area contributed by atoms with E-state index in [1.54, 1.807) is 0 Å². The van der Waals surface area contributed by atoms with Gasteiger partial charge in [-0.05, 0) is 6.07 Å². The number of hydrogen-bond donors (Lipinski definition) is 1. The summed E-state index contributed by atoms with van der Waals surface area (Å²) < 4.78 is 0. The molecule has 2 rings (SSSR count). The average molecular weight is 349 g/mol. The highest BCUT2D eigenvalue weighted by Crippen LogP contribution is 2.45. The third kappa shape index (κ3) is 3.00. The topological polar surface area (TPSA) is 199 Å². The number of nitro groups is 4. The van der Waals surface area contributed by atoms with E-state index in [1.807, 2.05) is 0 Å². The third-order valence-electron chi connectivity index (χ3n) is 3.23. The van der Waals surface area contributed by atoms with Gasteiger partial charge in [-0.2, -0.15) is 0 Å². The van der Waals surface area contributed by atoms with Gasteiger partial charge in [-0.25, -0.2) is 0 Å². The van der Waals surface area contributed by atoms with Crippen molar-refractivity contribution in [1.29, 1.82) is 0 Å². The summed E-state index contributed by atoms with van der Waals surface area (Å²) in [4.78, 5) is 40.5. The smallest absolute Gasteiger partial charge is 0.299 e. The van der Waals surface area contributed by atoms with Gasteiger partial charge in [-0.1, -0.05) is 0 Å². The molecule has 0 bridgehead atoms. The molecule has 0 atom stereocenters. The molecular weight excluding hydrogens is 342 g/mol. The highest BCUT2D eigenvalue weighted by atomic mass is 16.6. The second-order valence-corrected chi connectivity index (χ2v) is 4.63. The summed E-state index contributed by atoms with van der Waals surface area (Å²) in [5.74, 6) is 0. The van der Waals surface area contributed by atoms with E-state index in [2.05, 4.69) is 0 Å². The van der Waals surface area contributed by atoms with Crippen LogP contribution in [0.1, 0.15) is 0 Å². The molecule has 0 spiro atoms. The van der Waals surface area contributed by atoms with Crippen molar-refractivity contribution in [3.05, 3.63) is 70.8 Å². The zero-order valence-corrected chi connectivity index (χ0v) is 12.0. The minimum absolute atomic E-state index is 0.542. The molecule has 0 aliphatic heterocycles. The molecule has 0 aromatic heterocycles. The predicted molar refractivity (Wildman–Crippen MR) is 82.9 cm³/mol. The third-order valence-corrected chi connectivity index (χ3v) is 3.23. The Morgan fingerprint density at radius 3 is 1.60 bits per heavy atom. The molecule has 0 fully saturated rings. The molecular formula is C12H7N5O8. The number of anilines is 1. The highest BCUT2D eigenvalue weighted by molar-refractivity contribution is 5.93. The Labute approximate surface area is 136 Å². The molecule has 13 nitrogen and oxygen atoms in total. The Morgan fingerprint density at radius 1 is 0.720 bits per heavy atom. The largest absolute Gasteiger partial charge is 0.393 e. The number of nitrogen functional groups attached to an aromatic ring is 1. The maximum absolute atomic E-state index is 11.2. The molecule has 0 aliphatic rings. The Bertz CT molecular complexity index is 909. The fraction of sp³-hybridized carbons (Fsp3) is 0. The summed E-state index contributed by atoms with van der Waals surface area (Å²) in [7, 11) is 0. The van der Waals surface area contributed by atoms with E-state index in [-0.39, 0.29) is 0 Å². The predicted octanol–water partition coefficient (Wildman–Crippen LogP) is 2.57. The average Bonchev–Trinajstić information content (AvgIpc) is 2.53. The van der Waals surface area contributed by atoms with Crippen molar-refractivity contribution in [3.63, 3.8) is 0 Å². The molecule has 2 aromatic carbocycles. The van der Waals surface area contributed by atoms with E-state index in [9.17, 15) is 40.5 Å². The standard InChI is InChI=1S/C12H7N5O8/c13-12-7(4-6(14(18)19)5-10(12)17(24)25)11-8(15(20)21)2-1-3-9(11)16(22)23/h1-5H,13H2. The van der Waals surface area contributed by atoms with Gasteiger partial charge < -0.3 is 5.73 Å². The zero-order chi connectivity index (χ0) is 18.9. The van der Waals surface area contributed by atoms with E-state index >= 15 is 0 Å². The molecule has 0 saturated heterocycles. The lowest BCUT2D eigenvalue weighted by Crippen LogP contribution is -2.03. The van der Waals surface area contributed by atoms with Crippen molar-refractivity contribution < 1.29 is 19.7 Å². The molecule has 0 aliphatic carbocycles. The Balaban J connectivity index is 3.00. The second-order valence-electron chi connectivity index (χ2n) is 4.63. The van der Waals surface area contributed by atoms with Crippen LogP contribution in [-0.2, 0) is 0 Å². The fourth-order valence-corrected chi connectivity index (χ4v) is 2.19. The van der Waals surface area contributed by atoms with Crippen LogP contribution in [0.5, 0.6) is 0 Å². The number of nitrogens with zero attached hydrogens (tertiary/aromatic N) is 4. The molecule has 0 unspecified atom stereocenters. The lowest BCUT2D eigenvalue weighted by molar-refractivity contribution is -0.393. The molecule has 2 aromatic rings. The van der Waals surface area contributed by atoms with E-state index in [1.165, 1.54) is 0 Å². The Kier molecular flexibility index (Phi) is 4.23. The first-order valence-electron chi connectivity index (χ1n) is 6.29. The van der Waals surface area contributed by atoms with E-state index in [4.69, 9.17) is 5.73 Å². The van der Waals surface area contributed by atoms with Crippen molar-refractivity contribution in [3.8, 4) is 11.1 Å². The van der Waals surface area contributed by atoms with Gasteiger partial charge in [0.05, 0.1) is 25.8 Å². The summed E-state index contributed by atoms with van der Waals surface area (Å²) >= 11 is 0.